The maximum absolute atomic E-state index is 12.2. The highest BCUT2D eigenvalue weighted by Crippen LogP contribution is 2.13. The molecule has 4 nitrogen and oxygen atoms in total. The van der Waals surface area contributed by atoms with Crippen molar-refractivity contribution in [2.24, 2.45) is 0 Å². The summed E-state index contributed by atoms with van der Waals surface area (Å²) < 4.78 is 4.99. The molecule has 1 N–H and O–H groups in total. The third kappa shape index (κ3) is 3.15. The number of aromatic nitrogens is 1. The zero-order valence-corrected chi connectivity index (χ0v) is 11.9. The Hall–Kier alpha value is -2.36. The molecule has 0 fully saturated rings. The average molecular weight is 270 g/mol. The fraction of sp³-hybridized carbons (Fsp3) is 0.250. The number of amides is 1. The molecule has 1 heterocycles. The number of methoxy groups -OCH3 is 1. The van der Waals surface area contributed by atoms with Crippen LogP contribution in [0.1, 0.15) is 27.0 Å². The van der Waals surface area contributed by atoms with Crippen LogP contribution in [0.15, 0.2) is 36.5 Å². The molecule has 1 aromatic carbocycles. The number of nitrogens with zero attached hydrogens (tertiary/aromatic N) is 1. The van der Waals surface area contributed by atoms with Crippen molar-refractivity contribution in [2.75, 3.05) is 7.11 Å². The number of aryl methyl sites for hydroxylation is 1. The lowest BCUT2D eigenvalue weighted by molar-refractivity contribution is 0.0950. The van der Waals surface area contributed by atoms with Crippen LogP contribution >= 0.6 is 0 Å². The minimum Gasteiger partial charge on any atom is -0.481 e. The molecule has 0 atom stereocenters. The van der Waals surface area contributed by atoms with Crippen LogP contribution in [-0.4, -0.2) is 18.0 Å². The normalized spacial score (nSPS) is 10.2. The zero-order chi connectivity index (χ0) is 14.5. The van der Waals surface area contributed by atoms with E-state index in [-0.39, 0.29) is 5.91 Å². The molecule has 0 unspecified atom stereocenters. The molecule has 1 amide bonds. The molecule has 0 spiro atoms. The molecule has 4 heteroatoms. The summed E-state index contributed by atoms with van der Waals surface area (Å²) in [6, 6.07) is 9.39. The van der Waals surface area contributed by atoms with E-state index in [2.05, 4.69) is 10.3 Å². The van der Waals surface area contributed by atoms with E-state index >= 15 is 0 Å². The summed E-state index contributed by atoms with van der Waals surface area (Å²) in [6.45, 7) is 4.40. The predicted molar refractivity (Wildman–Crippen MR) is 77.9 cm³/mol. The number of benzene rings is 1. The summed E-state index contributed by atoms with van der Waals surface area (Å²) in [5.74, 6) is 0.497. The third-order valence-electron chi connectivity index (χ3n) is 3.31. The number of carbonyl (C=O) groups excluding carboxylic acids is 1. The Bertz CT molecular complexity index is 606. The number of ether oxygens (including phenoxy) is 1. The average Bonchev–Trinajstić information content (AvgIpc) is 2.48. The zero-order valence-electron chi connectivity index (χ0n) is 11.9. The van der Waals surface area contributed by atoms with E-state index in [9.17, 15) is 4.79 Å². The molecule has 2 rings (SSSR count). The smallest absolute Gasteiger partial charge is 0.251 e. The lowest BCUT2D eigenvalue weighted by atomic mass is 10.0. The van der Waals surface area contributed by atoms with Crippen LogP contribution < -0.4 is 10.1 Å². The number of pyridine rings is 1. The van der Waals surface area contributed by atoms with Crippen molar-refractivity contribution < 1.29 is 9.53 Å². The third-order valence-corrected chi connectivity index (χ3v) is 3.31. The predicted octanol–water partition coefficient (Wildman–Crippen LogP) is 2.64. The lowest BCUT2D eigenvalue weighted by Crippen LogP contribution is -2.23. The summed E-state index contributed by atoms with van der Waals surface area (Å²) >= 11 is 0. The Kier molecular flexibility index (Phi) is 4.35. The van der Waals surface area contributed by atoms with E-state index in [1.807, 2.05) is 38.1 Å². The fourth-order valence-corrected chi connectivity index (χ4v) is 1.91. The van der Waals surface area contributed by atoms with E-state index in [1.54, 1.807) is 19.4 Å². The molecule has 0 radical (unpaired) electrons. The van der Waals surface area contributed by atoms with E-state index in [4.69, 9.17) is 4.74 Å². The SMILES string of the molecule is COc1ccc(CNC(=O)c2cccc(C)c2C)cn1. The molecule has 0 saturated heterocycles. The first-order valence-electron chi connectivity index (χ1n) is 6.45. The Morgan fingerprint density at radius 1 is 1.25 bits per heavy atom. The van der Waals surface area contributed by atoms with E-state index in [0.29, 0.717) is 18.0 Å². The van der Waals surface area contributed by atoms with Crippen molar-refractivity contribution in [1.29, 1.82) is 0 Å². The molecular weight excluding hydrogens is 252 g/mol. The van der Waals surface area contributed by atoms with Gasteiger partial charge in [-0.2, -0.15) is 0 Å². The number of hydrogen-bond donors (Lipinski definition) is 1. The van der Waals surface area contributed by atoms with Gasteiger partial charge in [-0.3, -0.25) is 4.79 Å². The quantitative estimate of drug-likeness (QED) is 0.929. The Labute approximate surface area is 118 Å². The summed E-state index contributed by atoms with van der Waals surface area (Å²) in [5, 5.41) is 2.90. The van der Waals surface area contributed by atoms with Crippen LogP contribution in [0.3, 0.4) is 0 Å². The highest BCUT2D eigenvalue weighted by atomic mass is 16.5. The molecule has 0 aliphatic carbocycles. The van der Waals surface area contributed by atoms with E-state index in [1.165, 1.54) is 0 Å². The summed E-state index contributed by atoms with van der Waals surface area (Å²) in [6.07, 6.45) is 1.70. The van der Waals surface area contributed by atoms with Gasteiger partial charge in [0.25, 0.3) is 5.91 Å². The number of carbonyl (C=O) groups is 1. The van der Waals surface area contributed by atoms with Crippen LogP contribution in [0.4, 0.5) is 0 Å². The Balaban J connectivity index is 2.02. The highest BCUT2D eigenvalue weighted by molar-refractivity contribution is 5.95. The van der Waals surface area contributed by atoms with Crippen LogP contribution in [0.5, 0.6) is 5.88 Å². The largest absolute Gasteiger partial charge is 0.481 e. The van der Waals surface area contributed by atoms with Crippen LogP contribution in [0, 0.1) is 13.8 Å². The van der Waals surface area contributed by atoms with Crippen molar-refractivity contribution >= 4 is 5.91 Å². The first-order chi connectivity index (χ1) is 9.61. The van der Waals surface area contributed by atoms with Crippen molar-refractivity contribution in [3.05, 3.63) is 58.8 Å². The first kappa shape index (κ1) is 14.1. The van der Waals surface area contributed by atoms with Gasteiger partial charge in [-0.1, -0.05) is 18.2 Å². The minimum absolute atomic E-state index is 0.0676. The van der Waals surface area contributed by atoms with Crippen molar-refractivity contribution in [3.8, 4) is 5.88 Å². The summed E-state index contributed by atoms with van der Waals surface area (Å²) in [7, 11) is 1.57. The topological polar surface area (TPSA) is 51.2 Å². The van der Waals surface area contributed by atoms with Crippen LogP contribution in [-0.2, 0) is 6.54 Å². The Morgan fingerprint density at radius 2 is 2.05 bits per heavy atom. The maximum Gasteiger partial charge on any atom is 0.251 e. The first-order valence-corrected chi connectivity index (χ1v) is 6.45. The van der Waals surface area contributed by atoms with Gasteiger partial charge < -0.3 is 10.1 Å². The van der Waals surface area contributed by atoms with Gasteiger partial charge in [-0.25, -0.2) is 4.98 Å². The fourth-order valence-electron chi connectivity index (χ4n) is 1.91. The van der Waals surface area contributed by atoms with Crippen molar-refractivity contribution in [2.45, 2.75) is 20.4 Å². The van der Waals surface area contributed by atoms with E-state index < -0.39 is 0 Å². The second kappa shape index (κ2) is 6.19. The maximum atomic E-state index is 12.2. The van der Waals surface area contributed by atoms with Gasteiger partial charge >= 0.3 is 0 Å². The molecule has 20 heavy (non-hydrogen) atoms. The van der Waals surface area contributed by atoms with Crippen LogP contribution in [0.2, 0.25) is 0 Å². The van der Waals surface area contributed by atoms with E-state index in [0.717, 1.165) is 16.7 Å². The summed E-state index contributed by atoms with van der Waals surface area (Å²) in [4.78, 5) is 16.3. The van der Waals surface area contributed by atoms with Crippen molar-refractivity contribution in [1.82, 2.24) is 10.3 Å². The molecule has 0 aliphatic rings. The molecule has 0 aliphatic heterocycles. The number of hydrogen-bond acceptors (Lipinski definition) is 3. The van der Waals surface area contributed by atoms with Gasteiger partial charge in [0.2, 0.25) is 5.88 Å². The molecule has 104 valence electrons. The van der Waals surface area contributed by atoms with Gasteiger partial charge in [0.15, 0.2) is 0 Å². The Morgan fingerprint density at radius 3 is 2.70 bits per heavy atom. The molecular formula is C16H18N2O2. The molecule has 1 aromatic heterocycles. The van der Waals surface area contributed by atoms with Gasteiger partial charge in [0.05, 0.1) is 7.11 Å². The molecule has 2 aromatic rings. The lowest BCUT2D eigenvalue weighted by Gasteiger charge is -2.09. The van der Waals surface area contributed by atoms with Crippen LogP contribution in [0.25, 0.3) is 0 Å². The molecule has 0 bridgehead atoms. The second-order valence-electron chi connectivity index (χ2n) is 4.64. The van der Waals surface area contributed by atoms with Crippen molar-refractivity contribution in [3.63, 3.8) is 0 Å². The van der Waals surface area contributed by atoms with Gasteiger partial charge in [-0.15, -0.1) is 0 Å². The van der Waals surface area contributed by atoms with Gasteiger partial charge in [0, 0.05) is 24.4 Å². The highest BCUT2D eigenvalue weighted by Gasteiger charge is 2.09. The van der Waals surface area contributed by atoms with Gasteiger partial charge in [-0.05, 0) is 36.6 Å². The minimum atomic E-state index is -0.0676. The number of nitrogens with one attached hydrogen (secondary N) is 1. The standard InChI is InChI=1S/C16H18N2O2/c1-11-5-4-6-14(12(11)2)16(19)18-10-13-7-8-15(20-3)17-9-13/h4-9H,10H2,1-3H3,(H,18,19). The monoisotopic (exact) mass is 270 g/mol. The van der Waals surface area contributed by atoms with Gasteiger partial charge in [0.1, 0.15) is 0 Å². The summed E-state index contributed by atoms with van der Waals surface area (Å²) in [5.41, 5.74) is 3.78. The number of rotatable bonds is 4. The second-order valence-corrected chi connectivity index (χ2v) is 4.64. The molecule has 0 saturated carbocycles.